The van der Waals surface area contributed by atoms with Crippen molar-refractivity contribution in [2.75, 3.05) is 19.6 Å². The number of quaternary nitrogens is 1. The van der Waals surface area contributed by atoms with Crippen molar-refractivity contribution in [3.63, 3.8) is 0 Å². The first-order valence-corrected chi connectivity index (χ1v) is 13.1. The molecule has 176 valence electrons. The van der Waals surface area contributed by atoms with Gasteiger partial charge >= 0.3 is 5.97 Å². The van der Waals surface area contributed by atoms with Crippen LogP contribution in [0.2, 0.25) is 0 Å². The molecule has 0 aromatic carbocycles. The fraction of sp³-hybridized carbons (Fsp3) is 0.600. The van der Waals surface area contributed by atoms with E-state index in [1.165, 1.54) is 12.8 Å². The number of fused-ring (bicyclic) bond motifs is 3. The van der Waals surface area contributed by atoms with Crippen LogP contribution >= 0.6 is 11.3 Å². The number of aromatic nitrogens is 2. The number of hydrogen-bond donors (Lipinski definition) is 1. The van der Waals surface area contributed by atoms with E-state index in [0.29, 0.717) is 22.6 Å². The summed E-state index contributed by atoms with van der Waals surface area (Å²) in [7, 11) is 0. The summed E-state index contributed by atoms with van der Waals surface area (Å²) in [6.45, 7) is 2.30. The second-order valence-corrected chi connectivity index (χ2v) is 11.0. The van der Waals surface area contributed by atoms with Gasteiger partial charge in [0, 0.05) is 36.0 Å². The molecule has 2 bridgehead atoms. The standard InChI is InChI=1S/C25H32N4O3S/c26-23(30)22(19-16-27-11-12-28-19)29-13-7-18(8-14-29)20(17-29)32-24(31)25(21-6-5-15-33-21)9-3-1-2-4-10-25/h5-6,11-12,15-16,18,20,22H,1-4,7-10,13-14,17H2,(H-,26,30)/p+1/t18?,20-,22?,29?/m0/s1. The van der Waals surface area contributed by atoms with Crippen molar-refractivity contribution < 1.29 is 18.8 Å². The number of amides is 1. The third-order valence-corrected chi connectivity index (χ3v) is 9.31. The molecule has 2 aromatic heterocycles. The monoisotopic (exact) mass is 469 g/mol. The molecular formula is C25H33N4O3S+. The SMILES string of the molecule is NC(=O)C(c1cnccn1)[N+]12CCC(CC1)[C@@H](OC(=O)C1(c3cccs3)CCCCCC1)C2. The zero-order valence-electron chi connectivity index (χ0n) is 19.0. The van der Waals surface area contributed by atoms with Crippen molar-refractivity contribution in [2.24, 2.45) is 11.7 Å². The van der Waals surface area contributed by atoms with Crippen LogP contribution < -0.4 is 5.73 Å². The number of ether oxygens (including phenoxy) is 1. The zero-order valence-corrected chi connectivity index (χ0v) is 19.8. The minimum absolute atomic E-state index is 0.0705. The Morgan fingerprint density at radius 3 is 2.52 bits per heavy atom. The average Bonchev–Trinajstić information content (AvgIpc) is 3.25. The van der Waals surface area contributed by atoms with E-state index in [1.807, 2.05) is 6.07 Å². The number of piperidine rings is 3. The first kappa shape index (κ1) is 22.5. The highest BCUT2D eigenvalue weighted by Crippen LogP contribution is 2.45. The van der Waals surface area contributed by atoms with Crippen LogP contribution in [0.1, 0.15) is 68.0 Å². The molecule has 4 fully saturated rings. The summed E-state index contributed by atoms with van der Waals surface area (Å²) in [6, 6.07) is 3.57. The second-order valence-electron chi connectivity index (χ2n) is 10.0. The van der Waals surface area contributed by atoms with E-state index in [0.717, 1.165) is 56.5 Å². The third-order valence-electron chi connectivity index (χ3n) is 8.24. The number of nitrogens with zero attached hydrogens (tertiary/aromatic N) is 3. The fourth-order valence-electron chi connectivity index (χ4n) is 6.49. The molecule has 0 spiro atoms. The van der Waals surface area contributed by atoms with Crippen LogP contribution in [0.15, 0.2) is 36.1 Å². The number of carbonyl (C=O) groups is 2. The van der Waals surface area contributed by atoms with Gasteiger partial charge in [-0.15, -0.1) is 11.3 Å². The van der Waals surface area contributed by atoms with Crippen LogP contribution in [0.5, 0.6) is 0 Å². The van der Waals surface area contributed by atoms with E-state index in [-0.39, 0.29) is 18.0 Å². The van der Waals surface area contributed by atoms with Crippen molar-refractivity contribution in [3.8, 4) is 0 Å². The molecule has 1 unspecified atom stereocenters. The Bertz CT molecular complexity index is 965. The molecule has 6 rings (SSSR count). The molecule has 1 amide bonds. The lowest BCUT2D eigenvalue weighted by atomic mass is 9.78. The lowest BCUT2D eigenvalue weighted by Crippen LogP contribution is -2.67. The molecule has 3 saturated heterocycles. The number of hydrogen-bond acceptors (Lipinski definition) is 6. The van der Waals surface area contributed by atoms with Gasteiger partial charge in [-0.2, -0.15) is 0 Å². The van der Waals surface area contributed by atoms with Crippen LogP contribution in [-0.4, -0.2) is 52.1 Å². The van der Waals surface area contributed by atoms with Gasteiger partial charge in [-0.1, -0.05) is 31.7 Å². The molecule has 2 atom stereocenters. The number of rotatable bonds is 6. The molecule has 1 saturated carbocycles. The van der Waals surface area contributed by atoms with E-state index in [9.17, 15) is 9.59 Å². The van der Waals surface area contributed by atoms with Crippen molar-refractivity contribution >= 4 is 23.2 Å². The summed E-state index contributed by atoms with van der Waals surface area (Å²) in [4.78, 5) is 36.2. The lowest BCUT2D eigenvalue weighted by molar-refractivity contribution is -0.965. The van der Waals surface area contributed by atoms with Gasteiger partial charge in [-0.3, -0.25) is 19.6 Å². The maximum atomic E-state index is 13.9. The molecular weight excluding hydrogens is 436 g/mol. The van der Waals surface area contributed by atoms with Crippen LogP contribution in [0, 0.1) is 5.92 Å². The van der Waals surface area contributed by atoms with Crippen LogP contribution in [0.25, 0.3) is 0 Å². The van der Waals surface area contributed by atoms with Gasteiger partial charge in [0.25, 0.3) is 5.91 Å². The van der Waals surface area contributed by atoms with Gasteiger partial charge in [0.2, 0.25) is 6.04 Å². The molecule has 1 aliphatic carbocycles. The molecule has 3 aliphatic heterocycles. The van der Waals surface area contributed by atoms with Crippen molar-refractivity contribution in [1.82, 2.24) is 9.97 Å². The summed E-state index contributed by atoms with van der Waals surface area (Å²) < 4.78 is 6.91. The van der Waals surface area contributed by atoms with Crippen LogP contribution in [0.3, 0.4) is 0 Å². The Morgan fingerprint density at radius 1 is 1.15 bits per heavy atom. The smallest absolute Gasteiger partial charge is 0.317 e. The van der Waals surface area contributed by atoms with Gasteiger partial charge < -0.3 is 15.0 Å². The van der Waals surface area contributed by atoms with Gasteiger partial charge in [0.1, 0.15) is 17.7 Å². The van der Waals surface area contributed by atoms with Crippen molar-refractivity contribution in [1.29, 1.82) is 0 Å². The number of primary amides is 1. The summed E-state index contributed by atoms with van der Waals surface area (Å²) >= 11 is 1.67. The first-order chi connectivity index (χ1) is 16.0. The number of thiophene rings is 1. The lowest BCUT2D eigenvalue weighted by Gasteiger charge is -2.54. The van der Waals surface area contributed by atoms with E-state index in [2.05, 4.69) is 21.4 Å². The molecule has 5 heterocycles. The van der Waals surface area contributed by atoms with Gasteiger partial charge in [0.15, 0.2) is 6.10 Å². The molecule has 2 aromatic rings. The summed E-state index contributed by atoms with van der Waals surface area (Å²) in [5, 5.41) is 2.06. The number of nitrogens with two attached hydrogens (primary N) is 1. The highest BCUT2D eigenvalue weighted by Gasteiger charge is 2.55. The normalized spacial score (nSPS) is 29.7. The topological polar surface area (TPSA) is 95.2 Å². The Kier molecular flexibility index (Phi) is 6.22. The van der Waals surface area contributed by atoms with E-state index >= 15 is 0 Å². The third kappa shape index (κ3) is 4.08. The number of carbonyl (C=O) groups excluding carboxylic acids is 2. The van der Waals surface area contributed by atoms with Gasteiger partial charge in [-0.05, 0) is 24.3 Å². The molecule has 0 radical (unpaired) electrons. The van der Waals surface area contributed by atoms with E-state index in [1.54, 1.807) is 29.9 Å². The molecule has 2 N–H and O–H groups in total. The summed E-state index contributed by atoms with van der Waals surface area (Å²) in [5.74, 6) is -0.117. The molecule has 8 heteroatoms. The predicted octanol–water partition coefficient (Wildman–Crippen LogP) is 3.51. The summed E-state index contributed by atoms with van der Waals surface area (Å²) in [6.07, 6.45) is 12.7. The Hall–Kier alpha value is -2.32. The highest BCUT2D eigenvalue weighted by atomic mass is 32.1. The zero-order chi connectivity index (χ0) is 22.9. The largest absolute Gasteiger partial charge is 0.455 e. The molecule has 7 nitrogen and oxygen atoms in total. The molecule has 4 aliphatic rings. The van der Waals surface area contributed by atoms with Crippen molar-refractivity contribution in [2.45, 2.75) is 68.9 Å². The Morgan fingerprint density at radius 2 is 1.91 bits per heavy atom. The number of esters is 1. The predicted molar refractivity (Wildman–Crippen MR) is 125 cm³/mol. The van der Waals surface area contributed by atoms with Gasteiger partial charge in [-0.25, -0.2) is 0 Å². The van der Waals surface area contributed by atoms with Crippen molar-refractivity contribution in [3.05, 3.63) is 46.7 Å². The maximum Gasteiger partial charge on any atom is 0.317 e. The second kappa shape index (κ2) is 9.14. The average molecular weight is 470 g/mol. The highest BCUT2D eigenvalue weighted by molar-refractivity contribution is 7.10. The van der Waals surface area contributed by atoms with E-state index < -0.39 is 11.5 Å². The minimum atomic E-state index is -0.565. The Balaban J connectivity index is 1.41. The fourth-order valence-corrected chi connectivity index (χ4v) is 7.47. The summed E-state index contributed by atoms with van der Waals surface area (Å²) in [5.41, 5.74) is 5.99. The maximum absolute atomic E-state index is 13.9. The van der Waals surface area contributed by atoms with E-state index in [4.69, 9.17) is 10.5 Å². The van der Waals surface area contributed by atoms with Crippen LogP contribution in [0.4, 0.5) is 0 Å². The quantitative estimate of drug-likeness (QED) is 0.397. The first-order valence-electron chi connectivity index (χ1n) is 12.2. The van der Waals surface area contributed by atoms with Crippen LogP contribution in [-0.2, 0) is 19.7 Å². The van der Waals surface area contributed by atoms with Gasteiger partial charge in [0.05, 0.1) is 19.3 Å². The minimum Gasteiger partial charge on any atom is -0.455 e. The Labute approximate surface area is 199 Å². The molecule has 33 heavy (non-hydrogen) atoms.